The molecule has 0 atom stereocenters. The zero-order valence-electron chi connectivity index (χ0n) is 7.76. The first-order valence-corrected chi connectivity index (χ1v) is 4.68. The van der Waals surface area contributed by atoms with Crippen LogP contribution in [0.25, 0.3) is 10.2 Å². The van der Waals surface area contributed by atoms with Crippen molar-refractivity contribution in [2.75, 3.05) is 7.11 Å². The molecular formula is C9H6NNbO3S-. The van der Waals surface area contributed by atoms with E-state index in [2.05, 4.69) is 4.98 Å². The molecule has 77 valence electrons. The molecule has 1 aromatic carbocycles. The molecule has 0 unspecified atom stereocenters. The summed E-state index contributed by atoms with van der Waals surface area (Å²) in [6, 6.07) is 5.21. The van der Waals surface area contributed by atoms with E-state index in [1.807, 2.05) is 0 Å². The molecule has 1 aromatic heterocycles. The number of carbonyl (C=O) groups excluding carboxylic acids is 1. The van der Waals surface area contributed by atoms with Gasteiger partial charge in [-0.3, -0.25) is 0 Å². The molecule has 0 aliphatic heterocycles. The van der Waals surface area contributed by atoms with E-state index in [1.54, 1.807) is 25.3 Å². The molecule has 2 aromatic rings. The number of benzene rings is 1. The fourth-order valence-electron chi connectivity index (χ4n) is 1.12. The van der Waals surface area contributed by atoms with Gasteiger partial charge in [0, 0.05) is 22.4 Å². The predicted octanol–water partition coefficient (Wildman–Crippen LogP) is 0.666. The van der Waals surface area contributed by atoms with Crippen LogP contribution < -0.4 is 9.84 Å². The number of aromatic carboxylic acids is 1. The molecule has 0 bridgehead atoms. The molecule has 1 heterocycles. The van der Waals surface area contributed by atoms with Gasteiger partial charge in [-0.15, -0.1) is 11.3 Å². The van der Waals surface area contributed by atoms with E-state index in [1.165, 1.54) is 0 Å². The molecule has 0 saturated heterocycles. The van der Waals surface area contributed by atoms with Crippen LogP contribution in [0.1, 0.15) is 9.80 Å². The second kappa shape index (κ2) is 4.76. The van der Waals surface area contributed by atoms with Crippen LogP contribution in [-0.4, -0.2) is 18.1 Å². The molecule has 0 fully saturated rings. The maximum Gasteiger partial charge on any atom is 0.140 e. The SMILES string of the molecule is COc1ccc2nc(C(=O)[O-])sc2c1.[Nb]. The van der Waals surface area contributed by atoms with Crippen LogP contribution in [-0.2, 0) is 22.4 Å². The van der Waals surface area contributed by atoms with Crippen molar-refractivity contribution in [2.24, 2.45) is 0 Å². The third kappa shape index (κ3) is 2.38. The van der Waals surface area contributed by atoms with Crippen molar-refractivity contribution in [2.45, 2.75) is 0 Å². The summed E-state index contributed by atoms with van der Waals surface area (Å²) in [5, 5.41) is 10.5. The second-order valence-corrected chi connectivity index (χ2v) is 3.67. The molecule has 0 spiro atoms. The number of hydrogen-bond donors (Lipinski definition) is 0. The van der Waals surface area contributed by atoms with Gasteiger partial charge in [-0.25, -0.2) is 4.98 Å². The van der Waals surface area contributed by atoms with Crippen molar-refractivity contribution >= 4 is 27.5 Å². The molecule has 0 saturated carbocycles. The van der Waals surface area contributed by atoms with E-state index in [-0.39, 0.29) is 27.4 Å². The van der Waals surface area contributed by atoms with Gasteiger partial charge in [0.25, 0.3) is 0 Å². The first kappa shape index (κ1) is 12.2. The van der Waals surface area contributed by atoms with E-state index in [9.17, 15) is 9.90 Å². The van der Waals surface area contributed by atoms with Gasteiger partial charge in [-0.2, -0.15) is 0 Å². The van der Waals surface area contributed by atoms with Crippen LogP contribution in [0.4, 0.5) is 0 Å². The predicted molar refractivity (Wildman–Crippen MR) is 50.5 cm³/mol. The van der Waals surface area contributed by atoms with Crippen molar-refractivity contribution in [3.8, 4) is 5.75 Å². The van der Waals surface area contributed by atoms with Crippen LogP contribution in [0.5, 0.6) is 5.75 Å². The average Bonchev–Trinajstić information content (AvgIpc) is 2.59. The van der Waals surface area contributed by atoms with E-state index in [0.29, 0.717) is 11.3 Å². The van der Waals surface area contributed by atoms with Crippen molar-refractivity contribution in [3.05, 3.63) is 23.2 Å². The Morgan fingerprint density at radius 2 is 2.27 bits per heavy atom. The monoisotopic (exact) mass is 301 g/mol. The summed E-state index contributed by atoms with van der Waals surface area (Å²) in [5.41, 5.74) is 0.648. The number of fused-ring (bicyclic) bond motifs is 1. The van der Waals surface area contributed by atoms with Gasteiger partial charge in [0.1, 0.15) is 16.7 Å². The Bertz CT molecular complexity index is 497. The van der Waals surface area contributed by atoms with Crippen molar-refractivity contribution < 1.29 is 37.0 Å². The fourth-order valence-corrected chi connectivity index (χ4v) is 1.95. The Kier molecular flexibility index (Phi) is 3.87. The second-order valence-electron chi connectivity index (χ2n) is 2.64. The summed E-state index contributed by atoms with van der Waals surface area (Å²) >= 11 is 1.08. The summed E-state index contributed by atoms with van der Waals surface area (Å²) in [5.74, 6) is -0.559. The number of rotatable bonds is 2. The van der Waals surface area contributed by atoms with Crippen LogP contribution in [0.15, 0.2) is 18.2 Å². The molecule has 0 N–H and O–H groups in total. The molecule has 6 heteroatoms. The van der Waals surface area contributed by atoms with Crippen molar-refractivity contribution in [3.63, 3.8) is 0 Å². The van der Waals surface area contributed by atoms with Crippen LogP contribution in [0, 0.1) is 0 Å². The van der Waals surface area contributed by atoms with Crippen molar-refractivity contribution in [1.82, 2.24) is 4.98 Å². The van der Waals surface area contributed by atoms with E-state index >= 15 is 0 Å². The first-order chi connectivity index (χ1) is 6.70. The maximum atomic E-state index is 10.5. The van der Waals surface area contributed by atoms with Gasteiger partial charge in [-0.05, 0) is 18.2 Å². The van der Waals surface area contributed by atoms with Gasteiger partial charge in [-0.1, -0.05) is 0 Å². The fraction of sp³-hybridized carbons (Fsp3) is 0.111. The number of hydrogen-bond acceptors (Lipinski definition) is 5. The average molecular weight is 301 g/mol. The number of carboxylic acid groups (broad SMARTS) is 1. The van der Waals surface area contributed by atoms with Crippen LogP contribution in [0.2, 0.25) is 0 Å². The Balaban J connectivity index is 0.00000112. The van der Waals surface area contributed by atoms with Crippen molar-refractivity contribution in [1.29, 1.82) is 0 Å². The number of thiazole rings is 1. The quantitative estimate of drug-likeness (QED) is 0.765. The molecule has 0 aliphatic carbocycles. The molecule has 1 radical (unpaired) electrons. The largest absolute Gasteiger partial charge is 0.542 e. The molecule has 15 heavy (non-hydrogen) atoms. The number of nitrogens with zero attached hydrogens (tertiary/aromatic N) is 1. The minimum atomic E-state index is -1.25. The summed E-state index contributed by atoms with van der Waals surface area (Å²) in [7, 11) is 1.56. The van der Waals surface area contributed by atoms with Gasteiger partial charge in [0.2, 0.25) is 0 Å². The smallest absolute Gasteiger partial charge is 0.140 e. The number of ether oxygens (including phenoxy) is 1. The van der Waals surface area contributed by atoms with Crippen LogP contribution >= 0.6 is 11.3 Å². The zero-order chi connectivity index (χ0) is 10.1. The van der Waals surface area contributed by atoms with Crippen LogP contribution in [0.3, 0.4) is 0 Å². The van der Waals surface area contributed by atoms with E-state index < -0.39 is 5.97 Å². The van der Waals surface area contributed by atoms with Gasteiger partial charge >= 0.3 is 0 Å². The minimum Gasteiger partial charge on any atom is -0.542 e. The molecule has 0 amide bonds. The number of carboxylic acids is 1. The zero-order valence-corrected chi connectivity index (χ0v) is 10.8. The normalized spacial score (nSPS) is 9.67. The first-order valence-electron chi connectivity index (χ1n) is 3.86. The Morgan fingerprint density at radius 1 is 1.53 bits per heavy atom. The third-order valence-electron chi connectivity index (χ3n) is 1.77. The summed E-state index contributed by atoms with van der Waals surface area (Å²) in [4.78, 5) is 14.4. The molecule has 0 aliphatic rings. The molecule has 2 rings (SSSR count). The summed E-state index contributed by atoms with van der Waals surface area (Å²) in [6.07, 6.45) is 0. The molecular weight excluding hydrogens is 295 g/mol. The van der Waals surface area contributed by atoms with Gasteiger partial charge in [0.15, 0.2) is 0 Å². The Labute approximate surface area is 105 Å². The topological polar surface area (TPSA) is 62.2 Å². The molecule has 4 nitrogen and oxygen atoms in total. The third-order valence-corrected chi connectivity index (χ3v) is 2.77. The summed E-state index contributed by atoms with van der Waals surface area (Å²) in [6.45, 7) is 0. The number of carbonyl (C=O) groups is 1. The number of methoxy groups -OCH3 is 1. The standard InChI is InChI=1S/C9H7NO3S.Nb/c1-13-5-2-3-6-7(4-5)14-8(10-6)9(11)12;/h2-4H,1H3,(H,11,12);/p-1. The minimum absolute atomic E-state index is 0. The van der Waals surface area contributed by atoms with Gasteiger partial charge in [0.05, 0.1) is 17.3 Å². The van der Waals surface area contributed by atoms with E-state index in [4.69, 9.17) is 4.74 Å². The van der Waals surface area contributed by atoms with E-state index in [0.717, 1.165) is 16.0 Å². The van der Waals surface area contributed by atoms with Gasteiger partial charge < -0.3 is 14.6 Å². The maximum absolute atomic E-state index is 10.5. The Hall–Kier alpha value is -0.880. The summed E-state index contributed by atoms with van der Waals surface area (Å²) < 4.78 is 5.79. The number of aromatic nitrogens is 1. The Morgan fingerprint density at radius 3 is 2.87 bits per heavy atom.